The van der Waals surface area contributed by atoms with Gasteiger partial charge in [0, 0.05) is 35.7 Å². The molecule has 1 heterocycles. The second-order valence-electron chi connectivity index (χ2n) is 10.3. The van der Waals surface area contributed by atoms with Gasteiger partial charge < -0.3 is 24.6 Å². The summed E-state index contributed by atoms with van der Waals surface area (Å²) < 4.78 is 16.7. The molecular formula is C34H35NO6. The van der Waals surface area contributed by atoms with Crippen LogP contribution in [0.15, 0.2) is 95.3 Å². The Morgan fingerprint density at radius 3 is 2.44 bits per heavy atom. The molecule has 41 heavy (non-hydrogen) atoms. The van der Waals surface area contributed by atoms with Crippen molar-refractivity contribution in [2.45, 2.75) is 44.9 Å². The lowest BCUT2D eigenvalue weighted by atomic mass is 9.71. The number of esters is 1. The first kappa shape index (κ1) is 28.0. The smallest absolute Gasteiger partial charge is 0.336 e. The number of ketones is 1. The Morgan fingerprint density at radius 1 is 1.00 bits per heavy atom. The maximum Gasteiger partial charge on any atom is 0.336 e. The molecule has 1 aliphatic carbocycles. The second kappa shape index (κ2) is 12.3. The van der Waals surface area contributed by atoms with E-state index in [-0.39, 0.29) is 24.1 Å². The first-order valence-corrected chi connectivity index (χ1v) is 13.9. The van der Waals surface area contributed by atoms with E-state index in [1.54, 1.807) is 25.3 Å². The van der Waals surface area contributed by atoms with Crippen LogP contribution in [0.4, 0.5) is 0 Å². The summed E-state index contributed by atoms with van der Waals surface area (Å²) in [5, 5.41) is 13.8. The average Bonchev–Trinajstić information content (AvgIpc) is 2.98. The molecule has 3 aromatic carbocycles. The summed E-state index contributed by atoms with van der Waals surface area (Å²) in [4.78, 5) is 27.5. The fourth-order valence-electron chi connectivity index (χ4n) is 5.72. The van der Waals surface area contributed by atoms with Crippen LogP contribution in [-0.4, -0.2) is 37.2 Å². The van der Waals surface area contributed by atoms with E-state index in [0.717, 1.165) is 22.6 Å². The number of phenolic OH excluding ortho intramolecular Hbond substituents is 1. The number of benzene rings is 3. The fraction of sp³-hybridized carbons (Fsp3) is 0.294. The number of dihydropyridines is 1. The molecule has 5 rings (SSSR count). The van der Waals surface area contributed by atoms with E-state index in [4.69, 9.17) is 14.2 Å². The van der Waals surface area contributed by atoms with Gasteiger partial charge >= 0.3 is 5.97 Å². The largest absolute Gasteiger partial charge is 0.504 e. The number of nitrogens with one attached hydrogen (secondary N) is 1. The van der Waals surface area contributed by atoms with Crippen LogP contribution in [0.1, 0.15) is 55.2 Å². The van der Waals surface area contributed by atoms with E-state index in [0.29, 0.717) is 54.0 Å². The lowest BCUT2D eigenvalue weighted by Gasteiger charge is -2.36. The molecule has 0 fully saturated rings. The number of methoxy groups -OCH3 is 1. The maximum atomic E-state index is 13.9. The molecule has 2 aliphatic rings. The van der Waals surface area contributed by atoms with Crippen molar-refractivity contribution in [2.75, 3.05) is 20.3 Å². The molecule has 7 nitrogen and oxygen atoms in total. The van der Waals surface area contributed by atoms with Crippen molar-refractivity contribution < 1.29 is 28.9 Å². The first-order valence-electron chi connectivity index (χ1n) is 13.9. The summed E-state index contributed by atoms with van der Waals surface area (Å²) >= 11 is 0. The molecule has 0 spiro atoms. The van der Waals surface area contributed by atoms with E-state index >= 15 is 0 Å². The highest BCUT2D eigenvalue weighted by molar-refractivity contribution is 6.04. The van der Waals surface area contributed by atoms with Crippen molar-refractivity contribution >= 4 is 11.8 Å². The number of carbonyl (C=O) groups is 2. The molecule has 0 saturated carbocycles. The summed E-state index contributed by atoms with van der Waals surface area (Å²) in [6.45, 7) is 4.26. The number of hydrogen-bond donors (Lipinski definition) is 2. The summed E-state index contributed by atoms with van der Waals surface area (Å²) in [5.74, 6) is -0.0964. The van der Waals surface area contributed by atoms with E-state index in [1.807, 2.05) is 68.4 Å². The molecule has 212 valence electrons. The monoisotopic (exact) mass is 553 g/mol. The molecule has 0 radical (unpaired) electrons. The molecular weight excluding hydrogens is 518 g/mol. The Kier molecular flexibility index (Phi) is 8.43. The van der Waals surface area contributed by atoms with Gasteiger partial charge in [0.1, 0.15) is 5.75 Å². The lowest BCUT2D eigenvalue weighted by molar-refractivity contribution is -0.139. The average molecular weight is 554 g/mol. The van der Waals surface area contributed by atoms with E-state index in [2.05, 4.69) is 5.32 Å². The lowest BCUT2D eigenvalue weighted by Crippen LogP contribution is -2.36. The summed E-state index contributed by atoms with van der Waals surface area (Å²) in [6.07, 6.45) is 1.52. The normalized spacial score (nSPS) is 18.5. The van der Waals surface area contributed by atoms with Gasteiger partial charge in [-0.1, -0.05) is 48.5 Å². The molecule has 2 unspecified atom stereocenters. The molecule has 0 bridgehead atoms. The van der Waals surface area contributed by atoms with Crippen LogP contribution < -0.4 is 14.8 Å². The number of aromatic hydroxyl groups is 1. The topological polar surface area (TPSA) is 94.1 Å². The highest BCUT2D eigenvalue weighted by Gasteiger charge is 2.41. The van der Waals surface area contributed by atoms with E-state index in [9.17, 15) is 14.7 Å². The van der Waals surface area contributed by atoms with Crippen molar-refractivity contribution in [1.29, 1.82) is 0 Å². The zero-order chi connectivity index (χ0) is 28.9. The predicted octanol–water partition coefficient (Wildman–Crippen LogP) is 5.95. The van der Waals surface area contributed by atoms with Gasteiger partial charge in [-0.15, -0.1) is 0 Å². The van der Waals surface area contributed by atoms with Crippen LogP contribution in [0, 0.1) is 0 Å². The van der Waals surface area contributed by atoms with Crippen LogP contribution in [0.3, 0.4) is 0 Å². The number of Topliss-reactive ketones (excluding diaryl/α,β-unsaturated/α-hetero) is 1. The Bertz CT molecular complexity index is 1490. The number of rotatable bonds is 9. The first-order chi connectivity index (χ1) is 19.9. The van der Waals surface area contributed by atoms with E-state index < -0.39 is 11.9 Å². The minimum absolute atomic E-state index is 0.000895. The molecule has 2 N–H and O–H groups in total. The minimum atomic E-state index is -0.653. The van der Waals surface area contributed by atoms with Gasteiger partial charge in [0.15, 0.2) is 17.3 Å². The van der Waals surface area contributed by atoms with Gasteiger partial charge in [0.25, 0.3) is 0 Å². The molecule has 7 heteroatoms. The van der Waals surface area contributed by atoms with Crippen molar-refractivity contribution in [3.05, 3.63) is 112 Å². The number of phenols is 1. The summed E-state index contributed by atoms with van der Waals surface area (Å²) in [6, 6.07) is 22.6. The third-order valence-corrected chi connectivity index (χ3v) is 7.72. The predicted molar refractivity (Wildman–Crippen MR) is 156 cm³/mol. The standard InChI is InChI=1S/C34H35NO6/c1-4-40-30-20-24(12-15-28(30)36)32-31(34(38)41-17-16-22-8-6-5-7-9-22)21(2)35-27-18-25(19-29(37)33(27)32)23-10-13-26(39-3)14-11-23/h5-15,20,25,32,35-36H,4,16-19H2,1-3H3. The SMILES string of the molecule is CCOc1cc(C2C(C(=O)OCCc3ccccc3)=C(C)NC3=C2C(=O)CC(c2ccc(OC)cc2)C3)ccc1O. The number of ether oxygens (including phenoxy) is 3. The molecule has 2 atom stereocenters. The van der Waals surface area contributed by atoms with Gasteiger partial charge in [-0.2, -0.15) is 0 Å². The molecule has 0 amide bonds. The quantitative estimate of drug-likeness (QED) is 0.317. The van der Waals surface area contributed by atoms with Gasteiger partial charge in [-0.3, -0.25) is 4.79 Å². The van der Waals surface area contributed by atoms with Crippen LogP contribution >= 0.6 is 0 Å². The van der Waals surface area contributed by atoms with Gasteiger partial charge in [0.2, 0.25) is 0 Å². The number of hydrogen-bond acceptors (Lipinski definition) is 7. The van der Waals surface area contributed by atoms with E-state index in [1.165, 1.54) is 0 Å². The Hall–Kier alpha value is -4.52. The Labute approximate surface area is 240 Å². The molecule has 0 saturated heterocycles. The Balaban J connectivity index is 1.49. The highest BCUT2D eigenvalue weighted by Crippen LogP contribution is 2.47. The van der Waals surface area contributed by atoms with Crippen LogP contribution in [0.2, 0.25) is 0 Å². The number of carbonyl (C=O) groups excluding carboxylic acids is 2. The van der Waals surface area contributed by atoms with Crippen molar-refractivity contribution in [3.8, 4) is 17.2 Å². The highest BCUT2D eigenvalue weighted by atomic mass is 16.5. The zero-order valence-corrected chi connectivity index (χ0v) is 23.6. The summed E-state index contributed by atoms with van der Waals surface area (Å²) in [5.41, 5.74) is 5.21. The molecule has 1 aliphatic heterocycles. The number of allylic oxidation sites excluding steroid dienone is 3. The van der Waals surface area contributed by atoms with Crippen LogP contribution in [0.5, 0.6) is 17.2 Å². The fourth-order valence-corrected chi connectivity index (χ4v) is 5.72. The van der Waals surface area contributed by atoms with Gasteiger partial charge in [0.05, 0.1) is 25.9 Å². The zero-order valence-electron chi connectivity index (χ0n) is 23.6. The van der Waals surface area contributed by atoms with Crippen LogP contribution in [0.25, 0.3) is 0 Å². The molecule has 3 aromatic rings. The minimum Gasteiger partial charge on any atom is -0.504 e. The second-order valence-corrected chi connectivity index (χ2v) is 10.3. The third-order valence-electron chi connectivity index (χ3n) is 7.72. The summed E-state index contributed by atoms with van der Waals surface area (Å²) in [7, 11) is 1.63. The Morgan fingerprint density at radius 2 is 1.73 bits per heavy atom. The van der Waals surface area contributed by atoms with Crippen molar-refractivity contribution in [2.24, 2.45) is 0 Å². The van der Waals surface area contributed by atoms with Gasteiger partial charge in [-0.25, -0.2) is 4.79 Å². The van der Waals surface area contributed by atoms with Gasteiger partial charge in [-0.05, 0) is 67.1 Å². The third kappa shape index (κ3) is 5.99. The van der Waals surface area contributed by atoms with Crippen molar-refractivity contribution in [1.82, 2.24) is 5.32 Å². The maximum absolute atomic E-state index is 13.9. The van der Waals surface area contributed by atoms with Crippen LogP contribution in [-0.2, 0) is 20.7 Å². The van der Waals surface area contributed by atoms with Crippen molar-refractivity contribution in [3.63, 3.8) is 0 Å². The molecule has 0 aromatic heterocycles.